The molecule has 104 valence electrons. The van der Waals surface area contributed by atoms with Crippen LogP contribution in [0.1, 0.15) is 12.5 Å². The van der Waals surface area contributed by atoms with Crippen molar-refractivity contribution in [1.29, 1.82) is 0 Å². The minimum Gasteiger partial charge on any atom is -0.375 e. The van der Waals surface area contributed by atoms with E-state index in [4.69, 9.17) is 16.3 Å². The first-order chi connectivity index (χ1) is 9.09. The van der Waals surface area contributed by atoms with Gasteiger partial charge in [0.25, 0.3) is 0 Å². The van der Waals surface area contributed by atoms with E-state index in [2.05, 4.69) is 10.6 Å². The Morgan fingerprint density at radius 2 is 2.42 bits per heavy atom. The van der Waals surface area contributed by atoms with Gasteiger partial charge in [-0.3, -0.25) is 4.79 Å². The summed E-state index contributed by atoms with van der Waals surface area (Å²) >= 11 is 5.90. The molecule has 1 aromatic rings. The largest absolute Gasteiger partial charge is 0.375 e. The number of hydrogen-bond donors (Lipinski definition) is 2. The van der Waals surface area contributed by atoms with Crippen LogP contribution in [-0.4, -0.2) is 31.2 Å². The van der Waals surface area contributed by atoms with E-state index in [0.717, 1.165) is 0 Å². The van der Waals surface area contributed by atoms with Gasteiger partial charge in [0.2, 0.25) is 5.91 Å². The fraction of sp³-hybridized carbons (Fsp3) is 0.462. The number of amides is 1. The van der Waals surface area contributed by atoms with Crippen LogP contribution >= 0.6 is 11.6 Å². The number of hydrogen-bond acceptors (Lipinski definition) is 3. The Morgan fingerprint density at radius 3 is 3.11 bits per heavy atom. The van der Waals surface area contributed by atoms with Gasteiger partial charge in [0.05, 0.1) is 12.7 Å². The van der Waals surface area contributed by atoms with E-state index in [9.17, 15) is 9.18 Å². The average Bonchev–Trinajstić information content (AvgIpc) is 2.38. The molecule has 1 aromatic carbocycles. The van der Waals surface area contributed by atoms with Gasteiger partial charge >= 0.3 is 0 Å². The molecule has 2 rings (SSSR count). The van der Waals surface area contributed by atoms with Crippen LogP contribution in [-0.2, 0) is 16.1 Å². The van der Waals surface area contributed by atoms with Crippen molar-refractivity contribution in [1.82, 2.24) is 10.6 Å². The molecule has 1 amide bonds. The number of benzene rings is 1. The third kappa shape index (κ3) is 3.43. The lowest BCUT2D eigenvalue weighted by molar-refractivity contribution is -0.129. The van der Waals surface area contributed by atoms with Gasteiger partial charge in [0.15, 0.2) is 0 Å². The van der Waals surface area contributed by atoms with Crippen molar-refractivity contribution < 1.29 is 13.9 Å². The van der Waals surface area contributed by atoms with E-state index in [0.29, 0.717) is 23.7 Å². The van der Waals surface area contributed by atoms with Gasteiger partial charge in [-0.05, 0) is 19.1 Å². The van der Waals surface area contributed by atoms with Crippen molar-refractivity contribution in [2.24, 2.45) is 0 Å². The molecule has 2 atom stereocenters. The summed E-state index contributed by atoms with van der Waals surface area (Å²) in [5, 5.41) is 6.05. The molecular formula is C13H16ClFN2O2. The Morgan fingerprint density at radius 1 is 1.63 bits per heavy atom. The zero-order valence-corrected chi connectivity index (χ0v) is 11.3. The highest BCUT2D eigenvalue weighted by Gasteiger charge is 2.28. The van der Waals surface area contributed by atoms with E-state index in [1.165, 1.54) is 12.1 Å². The fourth-order valence-electron chi connectivity index (χ4n) is 2.01. The van der Waals surface area contributed by atoms with Crippen LogP contribution in [0.25, 0.3) is 0 Å². The number of nitrogens with one attached hydrogen (secondary N) is 2. The maximum Gasteiger partial charge on any atom is 0.240 e. The molecule has 0 bridgehead atoms. The van der Waals surface area contributed by atoms with Gasteiger partial charge in [-0.25, -0.2) is 4.39 Å². The highest BCUT2D eigenvalue weighted by Crippen LogP contribution is 2.18. The summed E-state index contributed by atoms with van der Waals surface area (Å²) in [7, 11) is 0. The van der Waals surface area contributed by atoms with Gasteiger partial charge in [0.1, 0.15) is 11.9 Å². The quantitative estimate of drug-likeness (QED) is 0.885. The lowest BCUT2D eigenvalue weighted by Crippen LogP contribution is -2.55. The van der Waals surface area contributed by atoms with Crippen LogP contribution < -0.4 is 10.6 Å². The maximum absolute atomic E-state index is 13.5. The Kier molecular flexibility index (Phi) is 4.74. The smallest absolute Gasteiger partial charge is 0.240 e. The number of carbonyl (C=O) groups is 1. The number of ether oxygens (including phenoxy) is 1. The van der Waals surface area contributed by atoms with Crippen molar-refractivity contribution in [3.05, 3.63) is 34.6 Å². The van der Waals surface area contributed by atoms with Crippen LogP contribution in [0.5, 0.6) is 0 Å². The van der Waals surface area contributed by atoms with Crippen LogP contribution in [0.3, 0.4) is 0 Å². The number of rotatable bonds is 3. The Balaban J connectivity index is 1.96. The Labute approximate surface area is 116 Å². The molecule has 1 fully saturated rings. The molecule has 0 aromatic heterocycles. The maximum atomic E-state index is 13.5. The minimum absolute atomic E-state index is 0.0647. The van der Waals surface area contributed by atoms with E-state index in [1.807, 2.05) is 6.92 Å². The molecule has 6 heteroatoms. The van der Waals surface area contributed by atoms with Crippen LogP contribution in [0.4, 0.5) is 4.39 Å². The molecule has 19 heavy (non-hydrogen) atoms. The van der Waals surface area contributed by atoms with Crippen LogP contribution in [0.2, 0.25) is 5.02 Å². The van der Waals surface area contributed by atoms with Gasteiger partial charge in [0, 0.05) is 23.7 Å². The first kappa shape index (κ1) is 14.2. The molecule has 1 heterocycles. The predicted octanol–water partition coefficient (Wildman–Crippen LogP) is 1.47. The zero-order chi connectivity index (χ0) is 13.8. The Hall–Kier alpha value is -1.17. The van der Waals surface area contributed by atoms with Gasteiger partial charge < -0.3 is 15.4 Å². The molecule has 0 aliphatic carbocycles. The summed E-state index contributed by atoms with van der Waals surface area (Å²) in [4.78, 5) is 12.0. The normalized spacial score (nSPS) is 23.1. The molecule has 2 N–H and O–H groups in total. The van der Waals surface area contributed by atoms with Crippen molar-refractivity contribution in [3.8, 4) is 0 Å². The van der Waals surface area contributed by atoms with Gasteiger partial charge in [-0.1, -0.05) is 17.7 Å². The second-order valence-electron chi connectivity index (χ2n) is 4.43. The van der Waals surface area contributed by atoms with Crippen molar-refractivity contribution in [2.75, 3.05) is 13.2 Å². The highest BCUT2D eigenvalue weighted by atomic mass is 35.5. The van der Waals surface area contributed by atoms with Crippen molar-refractivity contribution in [2.45, 2.75) is 25.6 Å². The third-order valence-corrected chi connectivity index (χ3v) is 3.45. The average molecular weight is 287 g/mol. The fourth-order valence-corrected chi connectivity index (χ4v) is 2.24. The van der Waals surface area contributed by atoms with Gasteiger partial charge in [-0.2, -0.15) is 0 Å². The molecule has 1 aliphatic rings. The second kappa shape index (κ2) is 6.32. The van der Waals surface area contributed by atoms with Crippen molar-refractivity contribution >= 4 is 17.5 Å². The SMILES string of the molecule is C[C@H]1OCCN[C@@H]1C(=O)NCc1c(F)cccc1Cl. The number of halogens is 2. The second-order valence-corrected chi connectivity index (χ2v) is 4.83. The highest BCUT2D eigenvalue weighted by molar-refractivity contribution is 6.31. The predicted molar refractivity (Wildman–Crippen MR) is 70.5 cm³/mol. The third-order valence-electron chi connectivity index (χ3n) is 3.10. The molecule has 1 saturated heterocycles. The van der Waals surface area contributed by atoms with E-state index in [1.54, 1.807) is 6.07 Å². The molecule has 0 radical (unpaired) electrons. The lowest BCUT2D eigenvalue weighted by Gasteiger charge is -2.29. The summed E-state index contributed by atoms with van der Waals surface area (Å²) in [5.41, 5.74) is 0.293. The standard InChI is InChI=1S/C13H16ClFN2O2/c1-8-12(16-5-6-19-8)13(18)17-7-9-10(14)3-2-4-11(9)15/h2-4,8,12,16H,5-7H2,1H3,(H,17,18)/t8-,12+/m1/s1. The minimum atomic E-state index is -0.422. The van der Waals surface area contributed by atoms with E-state index < -0.39 is 11.9 Å². The summed E-state index contributed by atoms with van der Waals surface area (Å²) < 4.78 is 18.9. The first-order valence-corrected chi connectivity index (χ1v) is 6.53. The molecule has 1 aliphatic heterocycles. The Bertz CT molecular complexity index is 450. The molecule has 0 saturated carbocycles. The molecule has 0 unspecified atom stereocenters. The summed E-state index contributed by atoms with van der Waals surface area (Å²) in [6.07, 6.45) is -0.204. The molecule has 0 spiro atoms. The van der Waals surface area contributed by atoms with E-state index >= 15 is 0 Å². The first-order valence-electron chi connectivity index (χ1n) is 6.15. The topological polar surface area (TPSA) is 50.4 Å². The summed E-state index contributed by atoms with van der Waals surface area (Å²) in [6, 6.07) is 4.02. The van der Waals surface area contributed by atoms with Crippen LogP contribution in [0, 0.1) is 5.82 Å². The number of carbonyl (C=O) groups excluding carboxylic acids is 1. The van der Waals surface area contributed by atoms with Gasteiger partial charge in [-0.15, -0.1) is 0 Å². The number of morpholine rings is 1. The van der Waals surface area contributed by atoms with Crippen LogP contribution in [0.15, 0.2) is 18.2 Å². The summed E-state index contributed by atoms with van der Waals surface area (Å²) in [6.45, 7) is 3.11. The lowest BCUT2D eigenvalue weighted by atomic mass is 10.1. The molecule has 4 nitrogen and oxygen atoms in total. The van der Waals surface area contributed by atoms with Crippen molar-refractivity contribution in [3.63, 3.8) is 0 Å². The van der Waals surface area contributed by atoms with E-state index in [-0.39, 0.29) is 18.6 Å². The zero-order valence-electron chi connectivity index (χ0n) is 10.6. The monoisotopic (exact) mass is 286 g/mol. The summed E-state index contributed by atoms with van der Waals surface area (Å²) in [5.74, 6) is -0.639. The molecular weight excluding hydrogens is 271 g/mol.